The second-order valence-corrected chi connectivity index (χ2v) is 2.99. The van der Waals surface area contributed by atoms with Crippen molar-refractivity contribution in [1.82, 2.24) is 5.32 Å². The molecule has 2 N–H and O–H groups in total. The molecule has 0 saturated carbocycles. The number of ether oxygens (including phenoxy) is 2. The van der Waals surface area contributed by atoms with Crippen LogP contribution in [0.5, 0.6) is 0 Å². The molecule has 2 unspecified atom stereocenters. The van der Waals surface area contributed by atoms with Crippen LogP contribution < -0.4 is 5.32 Å². The number of aliphatic hydroxyl groups is 1. The second kappa shape index (κ2) is 7.73. The first-order valence-electron chi connectivity index (χ1n) is 4.63. The summed E-state index contributed by atoms with van der Waals surface area (Å²) >= 11 is 0. The average molecular weight is 205 g/mol. The molecule has 0 aromatic rings. The quantitative estimate of drug-likeness (QED) is 0.550. The van der Waals surface area contributed by atoms with E-state index in [1.807, 2.05) is 6.92 Å². The van der Waals surface area contributed by atoms with Crippen LogP contribution in [0.25, 0.3) is 0 Å². The zero-order chi connectivity index (χ0) is 11.0. The van der Waals surface area contributed by atoms with Crippen LogP contribution in [0, 0.1) is 0 Å². The number of aliphatic hydroxyl groups excluding tert-OH is 1. The van der Waals surface area contributed by atoms with Gasteiger partial charge in [-0.3, -0.25) is 10.1 Å². The standard InChI is InChI=1S/C9H19NO4/c1-4-8(9(12)14-3)10-7(5-11)6-13-2/h7-8,10-11H,4-6H2,1-3H3. The molecule has 0 aliphatic carbocycles. The van der Waals surface area contributed by atoms with Gasteiger partial charge < -0.3 is 14.6 Å². The molecule has 0 bridgehead atoms. The number of carbonyl (C=O) groups excluding carboxylic acids is 1. The molecule has 0 aromatic carbocycles. The molecular formula is C9H19NO4. The van der Waals surface area contributed by atoms with Crippen molar-refractivity contribution in [2.75, 3.05) is 27.4 Å². The van der Waals surface area contributed by atoms with Gasteiger partial charge in [0.25, 0.3) is 0 Å². The Morgan fingerprint density at radius 3 is 2.50 bits per heavy atom. The predicted octanol–water partition coefficient (Wildman–Crippen LogP) is -0.465. The first kappa shape index (κ1) is 13.4. The van der Waals surface area contributed by atoms with Crippen molar-refractivity contribution < 1.29 is 19.4 Å². The van der Waals surface area contributed by atoms with Crippen LogP contribution in [0.4, 0.5) is 0 Å². The summed E-state index contributed by atoms with van der Waals surface area (Å²) in [5.41, 5.74) is 0. The Bertz CT molecular complexity index is 163. The van der Waals surface area contributed by atoms with Crippen molar-refractivity contribution in [3.8, 4) is 0 Å². The highest BCUT2D eigenvalue weighted by molar-refractivity contribution is 5.75. The third-order valence-electron chi connectivity index (χ3n) is 1.92. The predicted molar refractivity (Wildman–Crippen MR) is 52.0 cm³/mol. The van der Waals surface area contributed by atoms with Gasteiger partial charge >= 0.3 is 5.97 Å². The normalized spacial score (nSPS) is 14.9. The lowest BCUT2D eigenvalue weighted by Crippen LogP contribution is -2.47. The van der Waals surface area contributed by atoms with Crippen molar-refractivity contribution in [1.29, 1.82) is 0 Å². The molecule has 84 valence electrons. The monoisotopic (exact) mass is 205 g/mol. The lowest BCUT2D eigenvalue weighted by molar-refractivity contribution is -0.143. The highest BCUT2D eigenvalue weighted by atomic mass is 16.5. The molecule has 2 atom stereocenters. The van der Waals surface area contributed by atoms with Gasteiger partial charge in [0.2, 0.25) is 0 Å². The number of methoxy groups -OCH3 is 2. The Morgan fingerprint density at radius 2 is 2.14 bits per heavy atom. The molecule has 0 fully saturated rings. The fourth-order valence-corrected chi connectivity index (χ4v) is 1.13. The molecular weight excluding hydrogens is 186 g/mol. The Kier molecular flexibility index (Phi) is 7.37. The topological polar surface area (TPSA) is 67.8 Å². The molecule has 0 amide bonds. The Balaban J connectivity index is 4.06. The van der Waals surface area contributed by atoms with E-state index >= 15 is 0 Å². The van der Waals surface area contributed by atoms with Crippen molar-refractivity contribution in [3.63, 3.8) is 0 Å². The molecule has 0 saturated heterocycles. The van der Waals surface area contributed by atoms with Gasteiger partial charge in [0.15, 0.2) is 0 Å². The minimum absolute atomic E-state index is 0.0681. The van der Waals surface area contributed by atoms with Crippen molar-refractivity contribution in [3.05, 3.63) is 0 Å². The molecule has 0 aliphatic heterocycles. The second-order valence-electron chi connectivity index (χ2n) is 2.99. The number of hydrogen-bond acceptors (Lipinski definition) is 5. The van der Waals surface area contributed by atoms with Gasteiger partial charge in [-0.05, 0) is 6.42 Å². The van der Waals surface area contributed by atoms with Crippen LogP contribution in [0.3, 0.4) is 0 Å². The van der Waals surface area contributed by atoms with Crippen LogP contribution in [0.2, 0.25) is 0 Å². The summed E-state index contributed by atoms with van der Waals surface area (Å²) in [6.07, 6.45) is 0.618. The van der Waals surface area contributed by atoms with E-state index in [-0.39, 0.29) is 24.7 Å². The van der Waals surface area contributed by atoms with E-state index in [2.05, 4.69) is 10.1 Å². The van der Waals surface area contributed by atoms with Crippen molar-refractivity contribution >= 4 is 5.97 Å². The SMILES string of the molecule is CCC(NC(CO)COC)C(=O)OC. The zero-order valence-corrected chi connectivity index (χ0v) is 8.95. The highest BCUT2D eigenvalue weighted by Crippen LogP contribution is 1.96. The Labute approximate surface area is 84.4 Å². The lowest BCUT2D eigenvalue weighted by Gasteiger charge is -2.21. The number of esters is 1. The summed E-state index contributed by atoms with van der Waals surface area (Å²) in [6, 6.07) is -0.614. The van der Waals surface area contributed by atoms with Gasteiger partial charge in [-0.1, -0.05) is 6.92 Å². The van der Waals surface area contributed by atoms with E-state index in [1.165, 1.54) is 7.11 Å². The number of nitrogens with one attached hydrogen (secondary N) is 1. The molecule has 5 heteroatoms. The molecule has 14 heavy (non-hydrogen) atoms. The van der Waals surface area contributed by atoms with E-state index in [0.717, 1.165) is 0 Å². The molecule has 0 spiro atoms. The molecule has 0 aromatic heterocycles. The minimum Gasteiger partial charge on any atom is -0.468 e. The summed E-state index contributed by atoms with van der Waals surface area (Å²) in [7, 11) is 2.89. The van der Waals surface area contributed by atoms with Crippen LogP contribution in [0.15, 0.2) is 0 Å². The summed E-state index contributed by atoms with van der Waals surface area (Å²) in [4.78, 5) is 11.2. The maximum absolute atomic E-state index is 11.2. The first-order chi connectivity index (χ1) is 6.69. The smallest absolute Gasteiger partial charge is 0.322 e. The van der Waals surface area contributed by atoms with Crippen LogP contribution in [0.1, 0.15) is 13.3 Å². The Hall–Kier alpha value is -0.650. The van der Waals surface area contributed by atoms with Crippen LogP contribution in [-0.2, 0) is 14.3 Å². The summed E-state index contributed by atoms with van der Waals surface area (Å²) in [5, 5.41) is 11.9. The highest BCUT2D eigenvalue weighted by Gasteiger charge is 2.20. The van der Waals surface area contributed by atoms with E-state index in [9.17, 15) is 4.79 Å². The lowest BCUT2D eigenvalue weighted by atomic mass is 10.2. The van der Waals surface area contributed by atoms with Gasteiger partial charge in [0.05, 0.1) is 26.4 Å². The fraction of sp³-hybridized carbons (Fsp3) is 0.889. The third-order valence-corrected chi connectivity index (χ3v) is 1.92. The summed E-state index contributed by atoms with van der Waals surface area (Å²) in [6.45, 7) is 2.17. The zero-order valence-electron chi connectivity index (χ0n) is 8.95. The molecule has 0 heterocycles. The van der Waals surface area contributed by atoms with Gasteiger partial charge in [-0.15, -0.1) is 0 Å². The molecule has 0 radical (unpaired) electrons. The van der Waals surface area contributed by atoms with Crippen molar-refractivity contribution in [2.45, 2.75) is 25.4 Å². The average Bonchev–Trinajstić information content (AvgIpc) is 2.23. The molecule has 5 nitrogen and oxygen atoms in total. The largest absolute Gasteiger partial charge is 0.468 e. The number of hydrogen-bond donors (Lipinski definition) is 2. The van der Waals surface area contributed by atoms with Gasteiger partial charge in [0, 0.05) is 7.11 Å². The van der Waals surface area contributed by atoms with Gasteiger partial charge in [-0.2, -0.15) is 0 Å². The van der Waals surface area contributed by atoms with Crippen molar-refractivity contribution in [2.24, 2.45) is 0 Å². The van der Waals surface area contributed by atoms with Crippen LogP contribution >= 0.6 is 0 Å². The maximum atomic E-state index is 11.2. The number of rotatable bonds is 7. The first-order valence-corrected chi connectivity index (χ1v) is 4.63. The fourth-order valence-electron chi connectivity index (χ4n) is 1.13. The van der Waals surface area contributed by atoms with Gasteiger partial charge in [0.1, 0.15) is 6.04 Å². The number of carbonyl (C=O) groups is 1. The van der Waals surface area contributed by atoms with E-state index in [0.29, 0.717) is 13.0 Å². The minimum atomic E-state index is -0.382. The Morgan fingerprint density at radius 1 is 1.50 bits per heavy atom. The third kappa shape index (κ3) is 4.55. The molecule has 0 rings (SSSR count). The van der Waals surface area contributed by atoms with E-state index in [1.54, 1.807) is 7.11 Å². The van der Waals surface area contributed by atoms with Gasteiger partial charge in [-0.25, -0.2) is 0 Å². The maximum Gasteiger partial charge on any atom is 0.322 e. The summed E-state index contributed by atoms with van der Waals surface area (Å²) < 4.78 is 9.48. The van der Waals surface area contributed by atoms with E-state index < -0.39 is 0 Å². The van der Waals surface area contributed by atoms with Crippen LogP contribution in [-0.4, -0.2) is 50.6 Å². The molecule has 0 aliphatic rings. The van der Waals surface area contributed by atoms with E-state index in [4.69, 9.17) is 9.84 Å². The summed E-state index contributed by atoms with van der Waals surface area (Å²) in [5.74, 6) is -0.318.